The predicted molar refractivity (Wildman–Crippen MR) is 55.5 cm³/mol. The Balaban J connectivity index is 1.69. The van der Waals surface area contributed by atoms with Crippen LogP contribution >= 0.6 is 0 Å². The fourth-order valence-electron chi connectivity index (χ4n) is 3.05. The second-order valence-electron chi connectivity index (χ2n) is 5.09. The maximum atomic E-state index is 12.2. The maximum Gasteiger partial charge on any atom is 0.228 e. The number of amides is 1. The first-order valence-electron chi connectivity index (χ1n) is 5.84. The lowest BCUT2D eigenvalue weighted by molar-refractivity contribution is -0.150. The van der Waals surface area contributed by atoms with Crippen molar-refractivity contribution in [1.82, 2.24) is 9.80 Å². The molecule has 84 valence electrons. The highest BCUT2D eigenvalue weighted by molar-refractivity contribution is 5.81. The standard InChI is InChI=1S/C11H18N2O2/c1-12-4-8(5-12)11(14)13-9-2-3-10(13)7-15-6-9/h8-10H,2-7H2,1H3. The normalized spacial score (nSPS) is 36.7. The zero-order chi connectivity index (χ0) is 10.4. The first-order chi connectivity index (χ1) is 7.25. The van der Waals surface area contributed by atoms with Crippen LogP contribution in [0, 0.1) is 5.92 Å². The third-order valence-corrected chi connectivity index (χ3v) is 3.91. The van der Waals surface area contributed by atoms with E-state index in [1.165, 1.54) is 0 Å². The summed E-state index contributed by atoms with van der Waals surface area (Å²) >= 11 is 0. The molecule has 3 saturated heterocycles. The van der Waals surface area contributed by atoms with E-state index in [1.807, 2.05) is 0 Å². The molecule has 1 amide bonds. The van der Waals surface area contributed by atoms with E-state index in [2.05, 4.69) is 16.8 Å². The largest absolute Gasteiger partial charge is 0.377 e. The smallest absolute Gasteiger partial charge is 0.228 e. The molecule has 0 N–H and O–H groups in total. The van der Waals surface area contributed by atoms with E-state index in [9.17, 15) is 4.79 Å². The van der Waals surface area contributed by atoms with Crippen molar-refractivity contribution in [3.63, 3.8) is 0 Å². The van der Waals surface area contributed by atoms with Gasteiger partial charge in [0.1, 0.15) is 0 Å². The molecule has 3 fully saturated rings. The Morgan fingerprint density at radius 1 is 1.20 bits per heavy atom. The molecule has 0 radical (unpaired) electrons. The number of carbonyl (C=O) groups is 1. The minimum absolute atomic E-state index is 0.260. The van der Waals surface area contributed by atoms with Gasteiger partial charge in [-0.05, 0) is 19.9 Å². The van der Waals surface area contributed by atoms with E-state index in [-0.39, 0.29) is 5.92 Å². The fourth-order valence-corrected chi connectivity index (χ4v) is 3.05. The molecule has 4 heteroatoms. The minimum atomic E-state index is 0.260. The van der Waals surface area contributed by atoms with Gasteiger partial charge in [-0.1, -0.05) is 0 Å². The van der Waals surface area contributed by atoms with E-state index in [4.69, 9.17) is 4.74 Å². The van der Waals surface area contributed by atoms with Crippen LogP contribution in [-0.4, -0.2) is 61.1 Å². The molecule has 0 aromatic heterocycles. The van der Waals surface area contributed by atoms with Crippen molar-refractivity contribution in [2.75, 3.05) is 33.4 Å². The van der Waals surface area contributed by atoms with E-state index in [1.54, 1.807) is 0 Å². The Morgan fingerprint density at radius 3 is 2.33 bits per heavy atom. The van der Waals surface area contributed by atoms with Crippen molar-refractivity contribution < 1.29 is 9.53 Å². The van der Waals surface area contributed by atoms with Gasteiger partial charge in [-0.25, -0.2) is 0 Å². The van der Waals surface area contributed by atoms with Gasteiger partial charge in [0.15, 0.2) is 0 Å². The van der Waals surface area contributed by atoms with E-state index in [0.717, 1.165) is 39.1 Å². The summed E-state index contributed by atoms with van der Waals surface area (Å²) in [5.41, 5.74) is 0. The van der Waals surface area contributed by atoms with Gasteiger partial charge in [-0.3, -0.25) is 4.79 Å². The van der Waals surface area contributed by atoms with Crippen molar-refractivity contribution >= 4 is 5.91 Å². The third-order valence-electron chi connectivity index (χ3n) is 3.91. The lowest BCUT2D eigenvalue weighted by atomic mass is 9.98. The molecule has 2 unspecified atom stereocenters. The molecule has 3 aliphatic rings. The van der Waals surface area contributed by atoms with E-state index >= 15 is 0 Å². The number of hydrogen-bond acceptors (Lipinski definition) is 3. The minimum Gasteiger partial charge on any atom is -0.377 e. The number of hydrogen-bond donors (Lipinski definition) is 0. The molecule has 3 rings (SSSR count). The first-order valence-corrected chi connectivity index (χ1v) is 5.84. The number of morpholine rings is 1. The van der Waals surface area contributed by atoms with Crippen LogP contribution in [-0.2, 0) is 9.53 Å². The second kappa shape index (κ2) is 3.46. The zero-order valence-electron chi connectivity index (χ0n) is 9.19. The van der Waals surface area contributed by atoms with Crippen LogP contribution in [0.2, 0.25) is 0 Å². The third kappa shape index (κ3) is 1.47. The summed E-state index contributed by atoms with van der Waals surface area (Å²) in [4.78, 5) is 16.6. The summed E-state index contributed by atoms with van der Waals surface area (Å²) < 4.78 is 5.49. The van der Waals surface area contributed by atoms with Crippen LogP contribution in [0.5, 0.6) is 0 Å². The molecule has 2 atom stereocenters. The maximum absolute atomic E-state index is 12.2. The van der Waals surface area contributed by atoms with Crippen molar-refractivity contribution in [2.24, 2.45) is 5.92 Å². The predicted octanol–water partition coefficient (Wildman–Crippen LogP) is -0.0622. The molecular formula is C11H18N2O2. The van der Waals surface area contributed by atoms with Crippen LogP contribution < -0.4 is 0 Å². The Hall–Kier alpha value is -0.610. The van der Waals surface area contributed by atoms with E-state index < -0.39 is 0 Å². The average Bonchev–Trinajstić information content (AvgIpc) is 2.43. The van der Waals surface area contributed by atoms with Crippen LogP contribution in [0.4, 0.5) is 0 Å². The Kier molecular flexibility index (Phi) is 2.21. The van der Waals surface area contributed by atoms with Crippen molar-refractivity contribution in [2.45, 2.75) is 24.9 Å². The van der Waals surface area contributed by atoms with Gasteiger partial charge in [-0.2, -0.15) is 0 Å². The van der Waals surface area contributed by atoms with Gasteiger partial charge in [0.05, 0.1) is 31.2 Å². The average molecular weight is 210 g/mol. The fraction of sp³-hybridized carbons (Fsp3) is 0.909. The van der Waals surface area contributed by atoms with Gasteiger partial charge in [-0.15, -0.1) is 0 Å². The quantitative estimate of drug-likeness (QED) is 0.608. The molecule has 0 aromatic rings. The second-order valence-corrected chi connectivity index (χ2v) is 5.09. The molecular weight excluding hydrogens is 192 g/mol. The summed E-state index contributed by atoms with van der Waals surface area (Å²) in [6, 6.07) is 0.754. The molecule has 0 aromatic carbocycles. The number of likely N-dealkylation sites (tertiary alicyclic amines) is 1. The van der Waals surface area contributed by atoms with Gasteiger partial charge in [0.25, 0.3) is 0 Å². The summed E-state index contributed by atoms with van der Waals surface area (Å²) in [6.45, 7) is 3.39. The summed E-state index contributed by atoms with van der Waals surface area (Å²) in [6.07, 6.45) is 2.28. The van der Waals surface area contributed by atoms with Crippen molar-refractivity contribution in [1.29, 1.82) is 0 Å². The highest BCUT2D eigenvalue weighted by Gasteiger charge is 2.44. The lowest BCUT2D eigenvalue weighted by Crippen LogP contribution is -2.58. The Labute approximate surface area is 90.2 Å². The molecule has 15 heavy (non-hydrogen) atoms. The molecule has 2 bridgehead atoms. The lowest BCUT2D eigenvalue weighted by Gasteiger charge is -2.42. The van der Waals surface area contributed by atoms with Gasteiger partial charge in [0, 0.05) is 13.1 Å². The monoisotopic (exact) mass is 210 g/mol. The molecule has 3 heterocycles. The van der Waals surface area contributed by atoms with Gasteiger partial charge >= 0.3 is 0 Å². The number of fused-ring (bicyclic) bond motifs is 2. The SMILES string of the molecule is CN1CC(C(=O)N2C3CCC2COC3)C1. The first kappa shape index (κ1) is 9.60. The molecule has 4 nitrogen and oxygen atoms in total. The molecule has 0 saturated carbocycles. The van der Waals surface area contributed by atoms with Crippen LogP contribution in [0.3, 0.4) is 0 Å². The molecule has 3 aliphatic heterocycles. The highest BCUT2D eigenvalue weighted by atomic mass is 16.5. The van der Waals surface area contributed by atoms with Crippen molar-refractivity contribution in [3.8, 4) is 0 Å². The number of ether oxygens (including phenoxy) is 1. The summed E-state index contributed by atoms with van der Waals surface area (Å²) in [7, 11) is 2.07. The van der Waals surface area contributed by atoms with Crippen LogP contribution in [0.25, 0.3) is 0 Å². The summed E-state index contributed by atoms with van der Waals surface area (Å²) in [5.74, 6) is 0.639. The molecule has 0 aliphatic carbocycles. The number of carbonyl (C=O) groups excluding carboxylic acids is 1. The van der Waals surface area contributed by atoms with Crippen molar-refractivity contribution in [3.05, 3.63) is 0 Å². The van der Waals surface area contributed by atoms with E-state index in [0.29, 0.717) is 18.0 Å². The highest BCUT2D eigenvalue weighted by Crippen LogP contribution is 2.31. The summed E-state index contributed by atoms with van der Waals surface area (Å²) in [5, 5.41) is 0. The van der Waals surface area contributed by atoms with Gasteiger partial charge in [0.2, 0.25) is 5.91 Å². The number of rotatable bonds is 1. The topological polar surface area (TPSA) is 32.8 Å². The zero-order valence-corrected chi connectivity index (χ0v) is 9.19. The van der Waals surface area contributed by atoms with Crippen LogP contribution in [0.1, 0.15) is 12.8 Å². The Bertz CT molecular complexity index is 260. The van der Waals surface area contributed by atoms with Crippen LogP contribution in [0.15, 0.2) is 0 Å². The number of nitrogens with zero attached hydrogens (tertiary/aromatic N) is 2. The molecule has 0 spiro atoms. The Morgan fingerprint density at radius 2 is 1.80 bits per heavy atom. The van der Waals surface area contributed by atoms with Gasteiger partial charge < -0.3 is 14.5 Å².